The minimum absolute atomic E-state index is 0.0815. The van der Waals surface area contributed by atoms with E-state index in [2.05, 4.69) is 24.1 Å². The van der Waals surface area contributed by atoms with Crippen molar-refractivity contribution in [1.82, 2.24) is 14.9 Å². The summed E-state index contributed by atoms with van der Waals surface area (Å²) in [5.41, 5.74) is 0.638. The second kappa shape index (κ2) is 13.3. The van der Waals surface area contributed by atoms with Gasteiger partial charge < -0.3 is 10.1 Å². The highest BCUT2D eigenvalue weighted by Crippen LogP contribution is 2.37. The van der Waals surface area contributed by atoms with Gasteiger partial charge in [0.1, 0.15) is 5.69 Å². The number of halogens is 3. The molecule has 1 amide bonds. The van der Waals surface area contributed by atoms with Gasteiger partial charge in [0.25, 0.3) is 5.91 Å². The molecule has 1 heterocycles. The number of aromatic nitrogens is 2. The SMILES string of the molecule is CCCC[C@H](CC)COCCCNC(=O)c1cncn1-c1cccc(-c2ccccc2C(F)(F)F)c1. The first-order valence-electron chi connectivity index (χ1n) is 12.5. The standard InChI is InChI=1S/C28H34F3N3O2/c1-3-5-10-21(4-2)19-36-16-9-15-33-27(35)26-18-32-20-34(26)23-12-8-11-22(17-23)24-13-6-7-14-25(24)28(29,30)31/h6-8,11-14,17-18,20-21H,3-5,9-10,15-16,19H2,1-2H3,(H,33,35)/t21-/m0/s1. The highest BCUT2D eigenvalue weighted by Gasteiger charge is 2.33. The van der Waals surface area contributed by atoms with Crippen LogP contribution < -0.4 is 5.32 Å². The van der Waals surface area contributed by atoms with Crippen molar-refractivity contribution in [2.75, 3.05) is 19.8 Å². The molecule has 0 saturated carbocycles. The lowest BCUT2D eigenvalue weighted by molar-refractivity contribution is -0.137. The maximum absolute atomic E-state index is 13.5. The van der Waals surface area contributed by atoms with Crippen LogP contribution in [0.25, 0.3) is 16.8 Å². The number of nitrogens with one attached hydrogen (secondary N) is 1. The van der Waals surface area contributed by atoms with Crippen LogP contribution in [0.1, 0.15) is 62.0 Å². The molecule has 0 aliphatic carbocycles. The molecule has 36 heavy (non-hydrogen) atoms. The van der Waals surface area contributed by atoms with Crippen LogP contribution in [0.2, 0.25) is 0 Å². The van der Waals surface area contributed by atoms with Crippen LogP contribution in [-0.2, 0) is 10.9 Å². The fourth-order valence-corrected chi connectivity index (χ4v) is 4.09. The summed E-state index contributed by atoms with van der Waals surface area (Å²) in [5, 5.41) is 2.88. The molecule has 0 aliphatic heterocycles. The zero-order chi connectivity index (χ0) is 26.0. The lowest BCUT2D eigenvalue weighted by Crippen LogP contribution is -2.27. The van der Waals surface area contributed by atoms with Crippen molar-refractivity contribution in [2.24, 2.45) is 5.92 Å². The van der Waals surface area contributed by atoms with Gasteiger partial charge in [-0.3, -0.25) is 9.36 Å². The predicted molar refractivity (Wildman–Crippen MR) is 135 cm³/mol. The summed E-state index contributed by atoms with van der Waals surface area (Å²) in [7, 11) is 0. The lowest BCUT2D eigenvalue weighted by Gasteiger charge is -2.15. The normalized spacial score (nSPS) is 12.5. The Morgan fingerprint density at radius 3 is 2.67 bits per heavy atom. The summed E-state index contributed by atoms with van der Waals surface area (Å²) in [6.45, 7) is 6.13. The number of alkyl halides is 3. The highest BCUT2D eigenvalue weighted by atomic mass is 19.4. The molecule has 5 nitrogen and oxygen atoms in total. The Balaban J connectivity index is 1.61. The van der Waals surface area contributed by atoms with Gasteiger partial charge in [0.2, 0.25) is 0 Å². The van der Waals surface area contributed by atoms with Crippen molar-refractivity contribution < 1.29 is 22.7 Å². The van der Waals surface area contributed by atoms with Crippen LogP contribution in [0.4, 0.5) is 13.2 Å². The maximum atomic E-state index is 13.5. The molecule has 3 aromatic rings. The summed E-state index contributed by atoms with van der Waals surface area (Å²) in [6, 6.07) is 12.1. The zero-order valence-corrected chi connectivity index (χ0v) is 20.9. The van der Waals surface area contributed by atoms with Gasteiger partial charge in [-0.25, -0.2) is 4.98 Å². The van der Waals surface area contributed by atoms with Crippen molar-refractivity contribution in [3.05, 3.63) is 72.3 Å². The number of benzene rings is 2. The van der Waals surface area contributed by atoms with Gasteiger partial charge in [-0.15, -0.1) is 0 Å². The number of carbonyl (C=O) groups excluding carboxylic acids is 1. The second-order valence-electron chi connectivity index (χ2n) is 8.84. The van der Waals surface area contributed by atoms with Gasteiger partial charge in [0.15, 0.2) is 0 Å². The molecule has 2 aromatic carbocycles. The smallest absolute Gasteiger partial charge is 0.381 e. The number of amides is 1. The number of hydrogen-bond donors (Lipinski definition) is 1. The molecule has 8 heteroatoms. The Bertz CT molecular complexity index is 1110. The molecular weight excluding hydrogens is 467 g/mol. The molecule has 0 aliphatic rings. The van der Waals surface area contributed by atoms with E-state index in [0.717, 1.165) is 19.1 Å². The van der Waals surface area contributed by atoms with Crippen LogP contribution in [0, 0.1) is 5.92 Å². The van der Waals surface area contributed by atoms with Crippen LogP contribution >= 0.6 is 0 Å². The Hall–Kier alpha value is -3.13. The van der Waals surface area contributed by atoms with Crippen molar-refractivity contribution in [1.29, 1.82) is 0 Å². The maximum Gasteiger partial charge on any atom is 0.417 e. The fourth-order valence-electron chi connectivity index (χ4n) is 4.09. The van der Waals surface area contributed by atoms with E-state index >= 15 is 0 Å². The first kappa shape index (κ1) is 27.5. The minimum Gasteiger partial charge on any atom is -0.381 e. The summed E-state index contributed by atoms with van der Waals surface area (Å²) in [6.07, 6.45) is 3.82. The average molecular weight is 502 g/mol. The van der Waals surface area contributed by atoms with E-state index in [0.29, 0.717) is 42.4 Å². The van der Waals surface area contributed by atoms with Crippen molar-refractivity contribution in [3.8, 4) is 16.8 Å². The van der Waals surface area contributed by atoms with E-state index in [4.69, 9.17) is 4.74 Å². The third-order valence-electron chi connectivity index (χ3n) is 6.19. The predicted octanol–water partition coefficient (Wildman–Crippen LogP) is 6.91. The topological polar surface area (TPSA) is 56.1 Å². The van der Waals surface area contributed by atoms with Crippen LogP contribution in [0.3, 0.4) is 0 Å². The zero-order valence-electron chi connectivity index (χ0n) is 20.9. The second-order valence-corrected chi connectivity index (χ2v) is 8.84. The van der Waals surface area contributed by atoms with Gasteiger partial charge >= 0.3 is 6.18 Å². The molecule has 0 unspecified atom stereocenters. The number of ether oxygens (including phenoxy) is 1. The lowest BCUT2D eigenvalue weighted by atomic mass is 9.99. The quantitative estimate of drug-likeness (QED) is 0.259. The molecule has 3 rings (SSSR count). The van der Waals surface area contributed by atoms with Gasteiger partial charge in [-0.05, 0) is 48.1 Å². The number of unbranched alkanes of at least 4 members (excludes halogenated alkanes) is 1. The number of carbonyl (C=O) groups is 1. The van der Waals surface area contributed by atoms with Gasteiger partial charge in [-0.2, -0.15) is 13.2 Å². The van der Waals surface area contributed by atoms with Crippen molar-refractivity contribution in [2.45, 2.75) is 52.1 Å². The van der Waals surface area contributed by atoms with Crippen LogP contribution in [-0.4, -0.2) is 35.2 Å². The molecule has 0 fully saturated rings. The van der Waals surface area contributed by atoms with Crippen LogP contribution in [0.15, 0.2) is 61.1 Å². The summed E-state index contributed by atoms with van der Waals surface area (Å²) in [4.78, 5) is 16.9. The number of nitrogens with zero attached hydrogens (tertiary/aromatic N) is 2. The van der Waals surface area contributed by atoms with E-state index in [9.17, 15) is 18.0 Å². The summed E-state index contributed by atoms with van der Waals surface area (Å²) < 4.78 is 47.9. The van der Waals surface area contributed by atoms with Crippen molar-refractivity contribution >= 4 is 5.91 Å². The van der Waals surface area contributed by atoms with Gasteiger partial charge in [-0.1, -0.05) is 63.4 Å². The minimum atomic E-state index is -4.47. The summed E-state index contributed by atoms with van der Waals surface area (Å²) >= 11 is 0. The molecule has 194 valence electrons. The van der Waals surface area contributed by atoms with E-state index in [1.54, 1.807) is 34.9 Å². The van der Waals surface area contributed by atoms with E-state index in [1.807, 2.05) is 0 Å². The first-order chi connectivity index (χ1) is 17.3. The molecule has 1 N–H and O–H groups in total. The third kappa shape index (κ3) is 7.43. The van der Waals surface area contributed by atoms with Gasteiger partial charge in [0.05, 0.1) is 18.1 Å². The largest absolute Gasteiger partial charge is 0.417 e. The van der Waals surface area contributed by atoms with Gasteiger partial charge in [0, 0.05) is 25.4 Å². The Morgan fingerprint density at radius 1 is 1.11 bits per heavy atom. The molecule has 0 spiro atoms. The first-order valence-corrected chi connectivity index (χ1v) is 12.5. The molecule has 0 bridgehead atoms. The Labute approximate surface area is 210 Å². The highest BCUT2D eigenvalue weighted by molar-refractivity contribution is 5.93. The summed E-state index contributed by atoms with van der Waals surface area (Å²) in [5.74, 6) is 0.274. The molecular formula is C28H34F3N3O2. The molecule has 1 aromatic heterocycles. The van der Waals surface area contributed by atoms with E-state index in [-0.39, 0.29) is 11.5 Å². The van der Waals surface area contributed by atoms with Crippen molar-refractivity contribution in [3.63, 3.8) is 0 Å². The number of rotatable bonds is 13. The van der Waals surface area contributed by atoms with Crippen LogP contribution in [0.5, 0.6) is 0 Å². The van der Waals surface area contributed by atoms with E-state index in [1.165, 1.54) is 43.9 Å². The third-order valence-corrected chi connectivity index (χ3v) is 6.19. The fraction of sp³-hybridized carbons (Fsp3) is 0.429. The molecule has 1 atom stereocenters. The Kier molecular flexibility index (Phi) is 10.1. The molecule has 0 saturated heterocycles. The monoisotopic (exact) mass is 501 g/mol. The molecule has 0 radical (unpaired) electrons. The number of hydrogen-bond acceptors (Lipinski definition) is 3. The average Bonchev–Trinajstić information content (AvgIpc) is 3.37. The Morgan fingerprint density at radius 2 is 1.92 bits per heavy atom. The van der Waals surface area contributed by atoms with E-state index < -0.39 is 11.7 Å². The number of imidazole rings is 1.